The van der Waals surface area contributed by atoms with Crippen molar-refractivity contribution < 1.29 is 4.39 Å². The van der Waals surface area contributed by atoms with Crippen molar-refractivity contribution in [1.29, 1.82) is 0 Å². The summed E-state index contributed by atoms with van der Waals surface area (Å²) in [5.74, 6) is -0.255. The Balaban J connectivity index is 2.53. The summed E-state index contributed by atoms with van der Waals surface area (Å²) in [6, 6.07) is 6.42. The number of hydrogen-bond donors (Lipinski definition) is 0. The van der Waals surface area contributed by atoms with Crippen LogP contribution in [0, 0.1) is 5.82 Å². The Morgan fingerprint density at radius 3 is 2.72 bits per heavy atom. The fourth-order valence-corrected chi connectivity index (χ4v) is 2.03. The molecule has 0 bridgehead atoms. The maximum Gasteiger partial charge on any atom is 0.164 e. The predicted octanol–water partition coefficient (Wildman–Crippen LogP) is 4.54. The molecule has 0 aliphatic carbocycles. The van der Waals surface area contributed by atoms with Gasteiger partial charge >= 0.3 is 0 Å². The van der Waals surface area contributed by atoms with Crippen LogP contribution < -0.4 is 0 Å². The lowest BCUT2D eigenvalue weighted by molar-refractivity contribution is 0.630. The van der Waals surface area contributed by atoms with Crippen molar-refractivity contribution in [2.75, 3.05) is 0 Å². The molecule has 94 valence electrons. The van der Waals surface area contributed by atoms with Crippen molar-refractivity contribution in [3.8, 4) is 11.4 Å². The van der Waals surface area contributed by atoms with E-state index in [1.165, 1.54) is 6.07 Å². The molecule has 2 nitrogen and oxygen atoms in total. The second-order valence-corrected chi connectivity index (χ2v) is 4.65. The Morgan fingerprint density at radius 2 is 2.00 bits per heavy atom. The highest BCUT2D eigenvalue weighted by Gasteiger charge is 2.12. The van der Waals surface area contributed by atoms with E-state index in [0.717, 1.165) is 18.5 Å². The van der Waals surface area contributed by atoms with Gasteiger partial charge in [-0.15, -0.1) is 0 Å². The molecular weight excluding hydrogens is 274 g/mol. The van der Waals surface area contributed by atoms with Gasteiger partial charge in [-0.1, -0.05) is 42.6 Å². The number of nitrogens with zero attached hydrogens (tertiary/aromatic N) is 2. The summed E-state index contributed by atoms with van der Waals surface area (Å²) >= 11 is 11.7. The summed E-state index contributed by atoms with van der Waals surface area (Å²) in [5.41, 5.74) is 1.06. The van der Waals surface area contributed by atoms with Crippen molar-refractivity contribution in [3.05, 3.63) is 46.0 Å². The number of halogens is 3. The minimum atomic E-state index is -0.524. The first kappa shape index (κ1) is 13.2. The van der Waals surface area contributed by atoms with E-state index in [1.807, 2.05) is 6.92 Å². The summed E-state index contributed by atoms with van der Waals surface area (Å²) in [7, 11) is 0. The van der Waals surface area contributed by atoms with E-state index >= 15 is 0 Å². The summed E-state index contributed by atoms with van der Waals surface area (Å²) < 4.78 is 13.9. The molecule has 0 amide bonds. The van der Waals surface area contributed by atoms with Gasteiger partial charge in [-0.05, 0) is 24.6 Å². The molecule has 2 rings (SSSR count). The van der Waals surface area contributed by atoms with Gasteiger partial charge in [-0.25, -0.2) is 14.4 Å². The van der Waals surface area contributed by atoms with E-state index in [0.29, 0.717) is 5.15 Å². The van der Waals surface area contributed by atoms with E-state index in [2.05, 4.69) is 9.97 Å². The quantitative estimate of drug-likeness (QED) is 0.773. The zero-order chi connectivity index (χ0) is 13.1. The largest absolute Gasteiger partial charge is 0.233 e. The Kier molecular flexibility index (Phi) is 4.15. The Bertz CT molecular complexity index is 573. The lowest BCUT2D eigenvalue weighted by atomic mass is 10.2. The number of aryl methyl sites for hydroxylation is 1. The fourth-order valence-electron chi connectivity index (χ4n) is 1.65. The van der Waals surface area contributed by atoms with Gasteiger partial charge in [0.1, 0.15) is 5.15 Å². The van der Waals surface area contributed by atoms with E-state index in [9.17, 15) is 4.39 Å². The average Bonchev–Trinajstić information content (AvgIpc) is 2.32. The number of benzene rings is 1. The fraction of sp³-hybridized carbons (Fsp3) is 0.231. The molecule has 0 radical (unpaired) electrons. The van der Waals surface area contributed by atoms with E-state index in [1.54, 1.807) is 18.2 Å². The standard InChI is InChI=1S/C13H11Cl2FN2/c1-2-4-8-7-11(15)18-13(17-8)9-5-3-6-10(14)12(9)16/h3,5-7H,2,4H2,1H3. The van der Waals surface area contributed by atoms with Crippen LogP contribution in [0.1, 0.15) is 19.0 Å². The van der Waals surface area contributed by atoms with Crippen molar-refractivity contribution in [3.63, 3.8) is 0 Å². The van der Waals surface area contributed by atoms with Crippen molar-refractivity contribution >= 4 is 23.2 Å². The summed E-state index contributed by atoms with van der Waals surface area (Å²) in [4.78, 5) is 8.35. The van der Waals surface area contributed by atoms with E-state index < -0.39 is 5.82 Å². The molecule has 0 aliphatic rings. The second kappa shape index (κ2) is 5.63. The summed E-state index contributed by atoms with van der Waals surface area (Å²) in [6.07, 6.45) is 1.71. The Morgan fingerprint density at radius 1 is 1.22 bits per heavy atom. The first-order chi connectivity index (χ1) is 8.61. The molecule has 0 aliphatic heterocycles. The topological polar surface area (TPSA) is 25.8 Å². The van der Waals surface area contributed by atoms with Gasteiger partial charge in [0.25, 0.3) is 0 Å². The molecule has 18 heavy (non-hydrogen) atoms. The van der Waals surface area contributed by atoms with Gasteiger partial charge in [0, 0.05) is 5.69 Å². The molecule has 0 atom stereocenters. The molecule has 0 N–H and O–H groups in total. The third kappa shape index (κ3) is 2.79. The van der Waals surface area contributed by atoms with Gasteiger partial charge in [-0.3, -0.25) is 0 Å². The molecule has 0 saturated heterocycles. The number of rotatable bonds is 3. The SMILES string of the molecule is CCCc1cc(Cl)nc(-c2cccc(Cl)c2F)n1. The predicted molar refractivity (Wildman–Crippen MR) is 71.4 cm³/mol. The van der Waals surface area contributed by atoms with E-state index in [4.69, 9.17) is 23.2 Å². The van der Waals surface area contributed by atoms with Gasteiger partial charge in [0.2, 0.25) is 0 Å². The third-order valence-electron chi connectivity index (χ3n) is 2.45. The van der Waals surface area contributed by atoms with Gasteiger partial charge in [0.05, 0.1) is 10.6 Å². The Labute approximate surface area is 115 Å². The molecule has 5 heteroatoms. The normalized spacial score (nSPS) is 10.7. The highest BCUT2D eigenvalue weighted by molar-refractivity contribution is 6.31. The maximum atomic E-state index is 13.9. The lowest BCUT2D eigenvalue weighted by Crippen LogP contribution is -1.98. The molecule has 0 unspecified atom stereocenters. The molecule has 1 aromatic heterocycles. The third-order valence-corrected chi connectivity index (χ3v) is 2.93. The molecular formula is C13H11Cl2FN2. The van der Waals surface area contributed by atoms with Crippen LogP contribution in [0.5, 0.6) is 0 Å². The van der Waals surface area contributed by atoms with Crippen LogP contribution in [-0.4, -0.2) is 9.97 Å². The molecule has 1 heterocycles. The Hall–Kier alpha value is -1.19. The van der Waals surface area contributed by atoms with Crippen molar-refractivity contribution in [2.24, 2.45) is 0 Å². The number of aromatic nitrogens is 2. The van der Waals surface area contributed by atoms with Crippen LogP contribution in [0.2, 0.25) is 10.2 Å². The van der Waals surface area contributed by atoms with Gasteiger partial charge in [0.15, 0.2) is 11.6 Å². The zero-order valence-electron chi connectivity index (χ0n) is 9.75. The van der Waals surface area contributed by atoms with Crippen LogP contribution in [0.15, 0.2) is 24.3 Å². The monoisotopic (exact) mass is 284 g/mol. The molecule has 0 saturated carbocycles. The van der Waals surface area contributed by atoms with Gasteiger partial charge in [-0.2, -0.15) is 0 Å². The van der Waals surface area contributed by atoms with Crippen LogP contribution in [-0.2, 0) is 6.42 Å². The highest BCUT2D eigenvalue weighted by atomic mass is 35.5. The van der Waals surface area contributed by atoms with Crippen LogP contribution in [0.3, 0.4) is 0 Å². The van der Waals surface area contributed by atoms with Crippen molar-refractivity contribution in [2.45, 2.75) is 19.8 Å². The van der Waals surface area contributed by atoms with Crippen LogP contribution in [0.4, 0.5) is 4.39 Å². The molecule has 0 spiro atoms. The second-order valence-electron chi connectivity index (χ2n) is 3.86. The summed E-state index contributed by atoms with van der Waals surface area (Å²) in [5, 5.41) is 0.357. The lowest BCUT2D eigenvalue weighted by Gasteiger charge is -2.06. The van der Waals surface area contributed by atoms with Crippen LogP contribution in [0.25, 0.3) is 11.4 Å². The molecule has 2 aromatic rings. The molecule has 1 aromatic carbocycles. The van der Waals surface area contributed by atoms with Crippen molar-refractivity contribution in [1.82, 2.24) is 9.97 Å². The minimum Gasteiger partial charge on any atom is -0.233 e. The van der Waals surface area contributed by atoms with E-state index in [-0.39, 0.29) is 16.4 Å². The highest BCUT2D eigenvalue weighted by Crippen LogP contribution is 2.26. The first-order valence-corrected chi connectivity index (χ1v) is 6.35. The minimum absolute atomic E-state index is 0.0492. The van der Waals surface area contributed by atoms with Crippen LogP contribution >= 0.6 is 23.2 Å². The smallest absolute Gasteiger partial charge is 0.164 e. The maximum absolute atomic E-state index is 13.9. The average molecular weight is 285 g/mol. The first-order valence-electron chi connectivity index (χ1n) is 5.59. The molecule has 0 fully saturated rings. The summed E-state index contributed by atoms with van der Waals surface area (Å²) in [6.45, 7) is 2.04. The number of hydrogen-bond acceptors (Lipinski definition) is 2. The zero-order valence-corrected chi connectivity index (χ0v) is 11.3. The van der Waals surface area contributed by atoms with Gasteiger partial charge < -0.3 is 0 Å².